The third-order valence-electron chi connectivity index (χ3n) is 4.87. The Kier molecular flexibility index (Phi) is 9.43. The molecule has 0 amide bonds. The lowest BCUT2D eigenvalue weighted by atomic mass is 9.96. The van der Waals surface area contributed by atoms with E-state index >= 15 is 0 Å². The number of carboxylic acid groups (broad SMARTS) is 2. The van der Waals surface area contributed by atoms with Crippen LogP contribution in [0.1, 0.15) is 17.2 Å². The number of nitrogens with zero attached hydrogens (tertiary/aromatic N) is 2. The predicted octanol–water partition coefficient (Wildman–Crippen LogP) is 0.902. The summed E-state index contributed by atoms with van der Waals surface area (Å²) in [6.07, 6.45) is -0.643. The van der Waals surface area contributed by atoms with Gasteiger partial charge in [0.25, 0.3) is 0 Å². The van der Waals surface area contributed by atoms with Gasteiger partial charge in [-0.3, -0.25) is 9.80 Å². The first-order valence-electron chi connectivity index (χ1n) is 9.73. The van der Waals surface area contributed by atoms with Gasteiger partial charge in [-0.05, 0) is 11.1 Å². The van der Waals surface area contributed by atoms with Crippen molar-refractivity contribution in [1.82, 2.24) is 9.80 Å². The fourth-order valence-electron chi connectivity index (χ4n) is 3.44. The molecular weight excluding hydrogens is 388 g/mol. The highest BCUT2D eigenvalue weighted by atomic mass is 16.4. The van der Waals surface area contributed by atoms with Crippen molar-refractivity contribution in [1.29, 1.82) is 0 Å². The van der Waals surface area contributed by atoms with Gasteiger partial charge in [-0.15, -0.1) is 0 Å². The van der Waals surface area contributed by atoms with Gasteiger partial charge in [-0.25, -0.2) is 9.59 Å². The van der Waals surface area contributed by atoms with E-state index in [2.05, 4.69) is 70.5 Å². The molecule has 8 nitrogen and oxygen atoms in total. The standard InChI is InChI=1S/C20H26N2O2.C2H2O4/c23-16-19(24)15-21-11-13-22(14-12-21)20(17-7-3-1-4-8-17)18-9-5-2-6-10-18;3-1(4)2(5)6/h1-10,19-20,23-24H,11-16H2;(H,3,4)(H,5,6). The Bertz CT molecular complexity index is 727. The molecule has 4 N–H and O–H groups in total. The van der Waals surface area contributed by atoms with Gasteiger partial charge in [0.05, 0.1) is 18.8 Å². The third-order valence-corrected chi connectivity index (χ3v) is 4.87. The number of β-amino-alcohol motifs (C(OH)–C–C–N with tert-alkyl or cyclic N) is 1. The normalized spacial score (nSPS) is 15.8. The second-order valence-corrected chi connectivity index (χ2v) is 7.01. The van der Waals surface area contributed by atoms with Crippen LogP contribution in [0.25, 0.3) is 0 Å². The Morgan fingerprint density at radius 1 is 0.800 bits per heavy atom. The lowest BCUT2D eigenvalue weighted by molar-refractivity contribution is -0.159. The first-order valence-corrected chi connectivity index (χ1v) is 9.73. The summed E-state index contributed by atoms with van der Waals surface area (Å²) in [6.45, 7) is 4.10. The van der Waals surface area contributed by atoms with Gasteiger partial charge in [0.2, 0.25) is 0 Å². The Hall–Kier alpha value is -2.78. The molecule has 8 heteroatoms. The summed E-state index contributed by atoms with van der Waals surface area (Å²) in [5.41, 5.74) is 2.63. The first kappa shape index (κ1) is 23.5. The van der Waals surface area contributed by atoms with Gasteiger partial charge >= 0.3 is 11.9 Å². The minimum absolute atomic E-state index is 0.170. The van der Waals surface area contributed by atoms with Crippen LogP contribution >= 0.6 is 0 Å². The minimum Gasteiger partial charge on any atom is -0.473 e. The zero-order valence-electron chi connectivity index (χ0n) is 16.7. The Balaban J connectivity index is 0.000000469. The Labute approximate surface area is 175 Å². The van der Waals surface area contributed by atoms with Gasteiger partial charge in [-0.2, -0.15) is 0 Å². The molecule has 2 aromatic rings. The largest absolute Gasteiger partial charge is 0.473 e. The molecule has 162 valence electrons. The molecule has 1 atom stereocenters. The molecule has 3 rings (SSSR count). The maximum atomic E-state index is 9.64. The number of benzene rings is 2. The van der Waals surface area contributed by atoms with Gasteiger partial charge in [-0.1, -0.05) is 60.7 Å². The highest BCUT2D eigenvalue weighted by molar-refractivity contribution is 6.27. The van der Waals surface area contributed by atoms with Crippen LogP contribution < -0.4 is 0 Å². The summed E-state index contributed by atoms with van der Waals surface area (Å²) in [4.78, 5) is 22.9. The molecule has 0 aromatic heterocycles. The van der Waals surface area contributed by atoms with Crippen LogP contribution in [-0.4, -0.2) is 87.6 Å². The maximum absolute atomic E-state index is 9.64. The van der Waals surface area contributed by atoms with E-state index in [4.69, 9.17) is 24.9 Å². The quantitative estimate of drug-likeness (QED) is 0.513. The Morgan fingerprint density at radius 3 is 1.60 bits per heavy atom. The zero-order valence-corrected chi connectivity index (χ0v) is 16.7. The van der Waals surface area contributed by atoms with Crippen molar-refractivity contribution in [3.63, 3.8) is 0 Å². The average Bonchev–Trinajstić information content (AvgIpc) is 2.77. The van der Waals surface area contributed by atoms with Gasteiger partial charge in [0, 0.05) is 32.7 Å². The molecule has 2 aromatic carbocycles. The number of aliphatic hydroxyl groups excluding tert-OH is 2. The van der Waals surface area contributed by atoms with Crippen molar-refractivity contribution in [2.75, 3.05) is 39.3 Å². The highest BCUT2D eigenvalue weighted by Gasteiger charge is 2.26. The van der Waals surface area contributed by atoms with Crippen molar-refractivity contribution in [3.8, 4) is 0 Å². The number of rotatable bonds is 6. The lowest BCUT2D eigenvalue weighted by Gasteiger charge is -2.40. The van der Waals surface area contributed by atoms with Crippen LogP contribution in [0, 0.1) is 0 Å². The van der Waals surface area contributed by atoms with E-state index in [1.807, 2.05) is 0 Å². The maximum Gasteiger partial charge on any atom is 0.414 e. The van der Waals surface area contributed by atoms with Gasteiger partial charge in [0.1, 0.15) is 0 Å². The summed E-state index contributed by atoms with van der Waals surface area (Å²) in [7, 11) is 0. The van der Waals surface area contributed by atoms with E-state index in [0.717, 1.165) is 26.2 Å². The number of aliphatic carboxylic acids is 2. The van der Waals surface area contributed by atoms with Crippen LogP contribution in [-0.2, 0) is 9.59 Å². The molecule has 0 aliphatic carbocycles. The molecule has 0 radical (unpaired) electrons. The van der Waals surface area contributed by atoms with E-state index in [1.54, 1.807) is 0 Å². The molecule has 0 saturated carbocycles. The topological polar surface area (TPSA) is 122 Å². The summed E-state index contributed by atoms with van der Waals surface area (Å²) >= 11 is 0. The van der Waals surface area contributed by atoms with Gasteiger partial charge in [0.15, 0.2) is 0 Å². The van der Waals surface area contributed by atoms with Crippen LogP contribution in [0.3, 0.4) is 0 Å². The van der Waals surface area contributed by atoms with Crippen molar-refractivity contribution < 1.29 is 30.0 Å². The van der Waals surface area contributed by atoms with Crippen LogP contribution in [0.4, 0.5) is 0 Å². The van der Waals surface area contributed by atoms with Crippen LogP contribution in [0.15, 0.2) is 60.7 Å². The molecular formula is C22H28N2O6. The molecule has 30 heavy (non-hydrogen) atoms. The van der Waals surface area contributed by atoms with Gasteiger partial charge < -0.3 is 20.4 Å². The summed E-state index contributed by atoms with van der Waals surface area (Å²) in [5.74, 6) is -3.65. The molecule has 1 aliphatic heterocycles. The molecule has 0 bridgehead atoms. The molecule has 1 saturated heterocycles. The number of carbonyl (C=O) groups is 2. The summed E-state index contributed by atoms with van der Waals surface area (Å²) in [6, 6.07) is 21.5. The average molecular weight is 416 g/mol. The van der Waals surface area contributed by atoms with Crippen molar-refractivity contribution >= 4 is 11.9 Å². The smallest absolute Gasteiger partial charge is 0.414 e. The third kappa shape index (κ3) is 7.23. The number of piperazine rings is 1. The van der Waals surface area contributed by atoms with Crippen LogP contribution in [0.2, 0.25) is 0 Å². The Morgan fingerprint density at radius 2 is 1.23 bits per heavy atom. The number of aliphatic hydroxyl groups is 2. The number of carboxylic acids is 2. The fraction of sp³-hybridized carbons (Fsp3) is 0.364. The molecule has 0 spiro atoms. The summed E-state index contributed by atoms with van der Waals surface area (Å²) < 4.78 is 0. The predicted molar refractivity (Wildman–Crippen MR) is 111 cm³/mol. The van der Waals surface area contributed by atoms with E-state index in [1.165, 1.54) is 11.1 Å². The highest BCUT2D eigenvalue weighted by Crippen LogP contribution is 2.29. The van der Waals surface area contributed by atoms with E-state index in [0.29, 0.717) is 6.54 Å². The molecule has 1 heterocycles. The fourth-order valence-corrected chi connectivity index (χ4v) is 3.44. The van der Waals surface area contributed by atoms with Crippen molar-refractivity contribution in [3.05, 3.63) is 71.8 Å². The van der Waals surface area contributed by atoms with E-state index < -0.39 is 18.0 Å². The van der Waals surface area contributed by atoms with E-state index in [-0.39, 0.29) is 12.6 Å². The first-order chi connectivity index (χ1) is 14.4. The van der Waals surface area contributed by atoms with Crippen LogP contribution in [0.5, 0.6) is 0 Å². The van der Waals surface area contributed by atoms with E-state index in [9.17, 15) is 5.11 Å². The second-order valence-electron chi connectivity index (χ2n) is 7.01. The molecule has 1 aliphatic rings. The SMILES string of the molecule is O=C(O)C(=O)O.OCC(O)CN1CCN(C(c2ccccc2)c2ccccc2)CC1. The lowest BCUT2D eigenvalue weighted by Crippen LogP contribution is -2.50. The minimum atomic E-state index is -1.82. The number of hydrogen-bond donors (Lipinski definition) is 4. The zero-order chi connectivity index (χ0) is 21.9. The van der Waals surface area contributed by atoms with Crippen molar-refractivity contribution in [2.45, 2.75) is 12.1 Å². The molecule has 1 fully saturated rings. The summed E-state index contributed by atoms with van der Waals surface area (Å²) in [5, 5.41) is 33.4. The number of hydrogen-bond acceptors (Lipinski definition) is 6. The molecule has 1 unspecified atom stereocenters. The van der Waals surface area contributed by atoms with Crippen molar-refractivity contribution in [2.24, 2.45) is 0 Å². The second kappa shape index (κ2) is 12.0. The monoisotopic (exact) mass is 416 g/mol.